The van der Waals surface area contributed by atoms with Gasteiger partial charge in [-0.15, -0.1) is 0 Å². The summed E-state index contributed by atoms with van der Waals surface area (Å²) in [5.74, 6) is -0.296. The maximum absolute atomic E-state index is 11.2. The van der Waals surface area contributed by atoms with Crippen molar-refractivity contribution in [2.24, 2.45) is 5.73 Å². The number of fused-ring (bicyclic) bond motifs is 1. The number of primary amides is 1. The Hall–Kier alpha value is -1.06. The first kappa shape index (κ1) is 11.4. The quantitative estimate of drug-likeness (QED) is 0.807. The van der Waals surface area contributed by atoms with E-state index in [1.54, 1.807) is 0 Å². The summed E-state index contributed by atoms with van der Waals surface area (Å²) in [5, 5.41) is 1.15. The zero-order valence-electron chi connectivity index (χ0n) is 8.47. The number of aromatic amines is 1. The van der Waals surface area contributed by atoms with Crippen LogP contribution >= 0.6 is 0 Å². The first-order chi connectivity index (χ1) is 7.72. The molecule has 0 aliphatic heterocycles. The number of nitrogens with two attached hydrogens (primary N) is 1. The molecule has 1 aromatic heterocycles. The van der Waals surface area contributed by atoms with Crippen molar-refractivity contribution in [3.05, 3.63) is 36.0 Å². The van der Waals surface area contributed by atoms with Crippen LogP contribution in [0.5, 0.6) is 0 Å². The van der Waals surface area contributed by atoms with Gasteiger partial charge in [0.05, 0.1) is 0 Å². The standard InChI is InChI=1S/C11H11N2OSi.Ni/c12-11(14)10(15)5-7-6-13-9-4-2-1-3-8(7)9;/h1-4,6,10,13H,5H2,(H2,12,14);. The van der Waals surface area contributed by atoms with Crippen molar-refractivity contribution >= 4 is 24.6 Å². The number of nitrogens with one attached hydrogen (secondary N) is 1. The minimum absolute atomic E-state index is 0.175. The van der Waals surface area contributed by atoms with Crippen molar-refractivity contribution in [3.63, 3.8) is 0 Å². The van der Waals surface area contributed by atoms with E-state index in [0.717, 1.165) is 16.5 Å². The van der Waals surface area contributed by atoms with Crippen LogP contribution in [0.15, 0.2) is 30.5 Å². The van der Waals surface area contributed by atoms with Crippen molar-refractivity contribution in [2.45, 2.75) is 12.0 Å². The van der Waals surface area contributed by atoms with Crippen LogP contribution in [0.1, 0.15) is 5.56 Å². The molecule has 0 aliphatic rings. The van der Waals surface area contributed by atoms with Crippen molar-refractivity contribution in [1.29, 1.82) is 0 Å². The van der Waals surface area contributed by atoms with Gasteiger partial charge in [-0.2, -0.15) is 0 Å². The number of para-hydroxylation sites is 1. The van der Waals surface area contributed by atoms with E-state index in [0.29, 0.717) is 6.42 Å². The predicted molar refractivity (Wildman–Crippen MR) is 60.7 cm³/mol. The summed E-state index contributed by atoms with van der Waals surface area (Å²) in [5.41, 5.74) is 7.29. The van der Waals surface area contributed by atoms with Crippen LogP contribution in [0.3, 0.4) is 0 Å². The van der Waals surface area contributed by atoms with Gasteiger partial charge < -0.3 is 0 Å². The fraction of sp³-hybridized carbons (Fsp3) is 0.182. The molecule has 0 saturated heterocycles. The Balaban J connectivity index is 2.34. The van der Waals surface area contributed by atoms with Crippen molar-refractivity contribution in [3.8, 4) is 0 Å². The van der Waals surface area contributed by atoms with Gasteiger partial charge in [0.1, 0.15) is 0 Å². The van der Waals surface area contributed by atoms with Gasteiger partial charge in [0.25, 0.3) is 0 Å². The van der Waals surface area contributed by atoms with E-state index in [4.69, 9.17) is 5.73 Å². The van der Waals surface area contributed by atoms with Gasteiger partial charge in [0.2, 0.25) is 0 Å². The summed E-state index contributed by atoms with van der Waals surface area (Å²) < 4.78 is 0. The van der Waals surface area contributed by atoms with Gasteiger partial charge >= 0.3 is 102 Å². The molecule has 2 rings (SSSR count). The summed E-state index contributed by atoms with van der Waals surface area (Å²) in [6.45, 7) is 0. The Bertz CT molecular complexity index is 538. The summed E-state index contributed by atoms with van der Waals surface area (Å²) >= 11 is 4.67. The molecular weight excluding hydrogens is 263 g/mol. The summed E-state index contributed by atoms with van der Waals surface area (Å²) in [4.78, 5) is 14.3. The molecule has 0 bridgehead atoms. The van der Waals surface area contributed by atoms with Gasteiger partial charge in [0, 0.05) is 0 Å². The molecular formula is C11H11N2NiOSi. The first-order valence-electron chi connectivity index (χ1n) is 4.89. The fourth-order valence-corrected chi connectivity index (χ4v) is 2.80. The Labute approximate surface area is 103 Å². The van der Waals surface area contributed by atoms with E-state index in [2.05, 4.69) is 19.3 Å². The van der Waals surface area contributed by atoms with Crippen LogP contribution in [0.25, 0.3) is 10.9 Å². The Morgan fingerprint density at radius 1 is 1.50 bits per heavy atom. The molecule has 2 aromatic rings. The third-order valence-corrected chi connectivity index (χ3v) is 4.29. The maximum atomic E-state index is 11.2. The second kappa shape index (κ2) is 4.85. The molecule has 0 spiro atoms. The molecule has 3 N–H and O–H groups in total. The van der Waals surface area contributed by atoms with Crippen LogP contribution < -0.4 is 5.73 Å². The van der Waals surface area contributed by atoms with Gasteiger partial charge in [-0.3, -0.25) is 0 Å². The number of benzene rings is 1. The summed E-state index contributed by atoms with van der Waals surface area (Å²) in [6, 6.07) is 8.01. The van der Waals surface area contributed by atoms with Gasteiger partial charge in [-0.1, -0.05) is 0 Å². The molecule has 5 heteroatoms. The van der Waals surface area contributed by atoms with Crippen LogP contribution in [-0.2, 0) is 25.6 Å². The Kier molecular flexibility index (Phi) is 3.46. The van der Waals surface area contributed by atoms with Gasteiger partial charge in [-0.25, -0.2) is 0 Å². The molecule has 1 radical (unpaired) electrons. The number of rotatable bonds is 4. The van der Waals surface area contributed by atoms with Crippen molar-refractivity contribution in [1.82, 2.24) is 4.98 Å². The first-order valence-corrected chi connectivity index (χ1v) is 7.27. The molecule has 3 nitrogen and oxygen atoms in total. The average Bonchev–Trinajstić information content (AvgIpc) is 2.69. The molecule has 1 aromatic carbocycles. The van der Waals surface area contributed by atoms with E-state index in [1.807, 2.05) is 30.5 Å². The monoisotopic (exact) mass is 273 g/mol. The number of H-pyrrole nitrogens is 1. The third-order valence-electron chi connectivity index (χ3n) is 2.55. The minimum atomic E-state index is -0.296. The molecule has 85 valence electrons. The molecule has 0 saturated carbocycles. The van der Waals surface area contributed by atoms with Crippen LogP contribution in [0.2, 0.25) is 5.54 Å². The number of aromatic nitrogens is 1. The predicted octanol–water partition coefficient (Wildman–Crippen LogP) is 1.15. The van der Waals surface area contributed by atoms with Gasteiger partial charge in [-0.05, 0) is 0 Å². The molecule has 0 aliphatic carbocycles. The topological polar surface area (TPSA) is 58.9 Å². The number of hydrogen-bond acceptors (Lipinski definition) is 1. The number of amides is 1. The normalized spacial score (nSPS) is 12.6. The number of carbonyl (C=O) groups is 1. The van der Waals surface area contributed by atoms with Crippen LogP contribution in [0.4, 0.5) is 0 Å². The van der Waals surface area contributed by atoms with Crippen molar-refractivity contribution < 1.29 is 19.2 Å². The Morgan fingerprint density at radius 3 is 2.94 bits per heavy atom. The molecule has 16 heavy (non-hydrogen) atoms. The molecule has 0 fully saturated rings. The number of carbonyl (C=O) groups excluding carboxylic acids is 1. The second-order valence-electron chi connectivity index (χ2n) is 3.61. The van der Waals surface area contributed by atoms with Crippen LogP contribution in [-0.4, -0.2) is 18.6 Å². The fourth-order valence-electron chi connectivity index (χ4n) is 1.70. The SMILES string of the molecule is NC(=O)C(Cc1c[nH]c2ccccc12)[Si]=[Ni]. The number of hydrogen-bond donors (Lipinski definition) is 2. The summed E-state index contributed by atoms with van der Waals surface area (Å²) in [7, 11) is 0.175. The second-order valence-corrected chi connectivity index (χ2v) is 5.34. The molecule has 1 heterocycles. The Morgan fingerprint density at radius 2 is 2.25 bits per heavy atom. The van der Waals surface area contributed by atoms with E-state index in [9.17, 15) is 4.79 Å². The average molecular weight is 274 g/mol. The molecule has 1 unspecified atom stereocenters. The third kappa shape index (κ3) is 2.20. The van der Waals surface area contributed by atoms with Crippen molar-refractivity contribution in [2.75, 3.05) is 0 Å². The zero-order valence-corrected chi connectivity index (χ0v) is 10.5. The van der Waals surface area contributed by atoms with E-state index in [-0.39, 0.29) is 19.2 Å². The zero-order chi connectivity index (χ0) is 11.5. The van der Waals surface area contributed by atoms with Crippen LogP contribution in [0, 0.1) is 0 Å². The van der Waals surface area contributed by atoms with Gasteiger partial charge in [0.15, 0.2) is 0 Å². The van der Waals surface area contributed by atoms with E-state index >= 15 is 0 Å². The molecule has 1 atom stereocenters. The summed E-state index contributed by atoms with van der Waals surface area (Å²) in [6.07, 6.45) is 2.57. The van der Waals surface area contributed by atoms with E-state index < -0.39 is 0 Å². The molecule has 1 amide bonds. The van der Waals surface area contributed by atoms with E-state index in [1.165, 1.54) is 0 Å².